The molecule has 1 unspecified atom stereocenters. The zero-order valence-electron chi connectivity index (χ0n) is 11.8. The minimum atomic E-state index is 0.139. The highest BCUT2D eigenvalue weighted by atomic mass is 16.5. The number of rotatable bonds is 6. The molecule has 0 saturated carbocycles. The molecule has 0 fully saturated rings. The normalized spacial score (nSPS) is 12.5. The maximum Gasteiger partial charge on any atom is 0.123 e. The van der Waals surface area contributed by atoms with Crippen molar-refractivity contribution in [2.75, 3.05) is 6.61 Å². The van der Waals surface area contributed by atoms with Gasteiger partial charge >= 0.3 is 0 Å². The van der Waals surface area contributed by atoms with Crippen LogP contribution in [0.15, 0.2) is 60.7 Å². The lowest BCUT2D eigenvalue weighted by Crippen LogP contribution is -2.18. The zero-order chi connectivity index (χ0) is 14.2. The van der Waals surface area contributed by atoms with Crippen LogP contribution < -0.4 is 10.5 Å². The van der Waals surface area contributed by atoms with E-state index in [1.807, 2.05) is 49.4 Å². The Kier molecular flexibility index (Phi) is 5.39. The average Bonchev–Trinajstić information content (AvgIpc) is 2.46. The van der Waals surface area contributed by atoms with Crippen molar-refractivity contribution in [3.63, 3.8) is 0 Å². The first-order chi connectivity index (χ1) is 9.75. The molecule has 0 aliphatic heterocycles. The lowest BCUT2D eigenvalue weighted by atomic mass is 10.1. The lowest BCUT2D eigenvalue weighted by molar-refractivity contribution is 0.358. The van der Waals surface area contributed by atoms with Crippen LogP contribution in [0.4, 0.5) is 0 Å². The first kappa shape index (κ1) is 14.4. The van der Waals surface area contributed by atoms with Gasteiger partial charge in [0.1, 0.15) is 12.4 Å². The van der Waals surface area contributed by atoms with E-state index >= 15 is 0 Å². The minimum absolute atomic E-state index is 0.139. The van der Waals surface area contributed by atoms with Crippen LogP contribution >= 0.6 is 0 Å². The van der Waals surface area contributed by atoms with E-state index in [1.165, 1.54) is 5.56 Å². The first-order valence-electron chi connectivity index (χ1n) is 6.93. The van der Waals surface area contributed by atoms with E-state index in [-0.39, 0.29) is 6.04 Å². The molecule has 0 bridgehead atoms. The number of benzene rings is 2. The summed E-state index contributed by atoms with van der Waals surface area (Å²) in [6.45, 7) is 2.57. The molecule has 20 heavy (non-hydrogen) atoms. The van der Waals surface area contributed by atoms with E-state index < -0.39 is 0 Å². The molecule has 2 aromatic rings. The van der Waals surface area contributed by atoms with Crippen LogP contribution in [-0.2, 0) is 6.42 Å². The van der Waals surface area contributed by atoms with Crippen molar-refractivity contribution in [3.05, 3.63) is 71.8 Å². The van der Waals surface area contributed by atoms with Gasteiger partial charge < -0.3 is 10.5 Å². The van der Waals surface area contributed by atoms with Gasteiger partial charge in [0.2, 0.25) is 0 Å². The standard InChI is InChI=1S/C18H21NO/c1-15(19)14-17-11-5-6-12-18(17)20-13-7-10-16-8-3-2-4-9-16/h2-12,15H,13-14,19H2,1H3/b10-7+. The van der Waals surface area contributed by atoms with Gasteiger partial charge in [-0.05, 0) is 36.6 Å². The summed E-state index contributed by atoms with van der Waals surface area (Å²) in [5.74, 6) is 0.919. The molecule has 2 rings (SSSR count). The summed E-state index contributed by atoms with van der Waals surface area (Å²) in [4.78, 5) is 0. The molecule has 2 N–H and O–H groups in total. The quantitative estimate of drug-likeness (QED) is 0.866. The third-order valence-corrected chi connectivity index (χ3v) is 2.96. The first-order valence-corrected chi connectivity index (χ1v) is 6.93. The summed E-state index contributed by atoms with van der Waals surface area (Å²) in [7, 11) is 0. The van der Waals surface area contributed by atoms with Gasteiger partial charge in [0.05, 0.1) is 0 Å². The van der Waals surface area contributed by atoms with Crippen LogP contribution in [0.25, 0.3) is 6.08 Å². The van der Waals surface area contributed by atoms with Crippen LogP contribution in [0.5, 0.6) is 5.75 Å². The molecule has 0 saturated heterocycles. The van der Waals surface area contributed by atoms with Gasteiger partial charge in [0.25, 0.3) is 0 Å². The van der Waals surface area contributed by atoms with E-state index in [2.05, 4.69) is 24.3 Å². The van der Waals surface area contributed by atoms with Gasteiger partial charge in [-0.2, -0.15) is 0 Å². The predicted octanol–water partition coefficient (Wildman–Crippen LogP) is 3.67. The van der Waals surface area contributed by atoms with Gasteiger partial charge in [-0.1, -0.05) is 54.6 Å². The molecule has 1 atom stereocenters. The number of ether oxygens (including phenoxy) is 1. The summed E-state index contributed by atoms with van der Waals surface area (Å²) < 4.78 is 5.82. The van der Waals surface area contributed by atoms with Gasteiger partial charge in [-0.25, -0.2) is 0 Å². The van der Waals surface area contributed by atoms with Crippen LogP contribution in [0.1, 0.15) is 18.1 Å². The minimum Gasteiger partial charge on any atom is -0.489 e. The van der Waals surface area contributed by atoms with Crippen molar-refractivity contribution in [3.8, 4) is 5.75 Å². The highest BCUT2D eigenvalue weighted by Gasteiger charge is 2.04. The Morgan fingerprint density at radius 2 is 1.75 bits per heavy atom. The largest absolute Gasteiger partial charge is 0.489 e. The highest BCUT2D eigenvalue weighted by molar-refractivity contribution is 5.48. The van der Waals surface area contributed by atoms with Gasteiger partial charge in [0, 0.05) is 6.04 Å². The van der Waals surface area contributed by atoms with Crippen molar-refractivity contribution in [1.82, 2.24) is 0 Å². The fraction of sp³-hybridized carbons (Fsp3) is 0.222. The van der Waals surface area contributed by atoms with Crippen molar-refractivity contribution in [2.45, 2.75) is 19.4 Å². The Bertz CT molecular complexity index is 546. The molecular weight excluding hydrogens is 246 g/mol. The Morgan fingerprint density at radius 3 is 2.50 bits per heavy atom. The summed E-state index contributed by atoms with van der Waals surface area (Å²) >= 11 is 0. The van der Waals surface area contributed by atoms with Gasteiger partial charge in [-0.15, -0.1) is 0 Å². The van der Waals surface area contributed by atoms with Crippen LogP contribution in [0.3, 0.4) is 0 Å². The molecule has 0 amide bonds. The number of hydrogen-bond donors (Lipinski definition) is 1. The van der Waals surface area contributed by atoms with Crippen molar-refractivity contribution in [2.24, 2.45) is 5.73 Å². The van der Waals surface area contributed by atoms with E-state index in [4.69, 9.17) is 10.5 Å². The predicted molar refractivity (Wildman–Crippen MR) is 84.8 cm³/mol. The Labute approximate surface area is 120 Å². The van der Waals surface area contributed by atoms with Crippen molar-refractivity contribution in [1.29, 1.82) is 0 Å². The SMILES string of the molecule is CC(N)Cc1ccccc1OC/C=C/c1ccccc1. The zero-order valence-corrected chi connectivity index (χ0v) is 11.8. The Morgan fingerprint density at radius 1 is 1.05 bits per heavy atom. The van der Waals surface area contributed by atoms with Crippen LogP contribution in [0.2, 0.25) is 0 Å². The summed E-state index contributed by atoms with van der Waals surface area (Å²) in [5, 5.41) is 0. The number of nitrogens with two attached hydrogens (primary N) is 1. The van der Waals surface area contributed by atoms with E-state index in [0.717, 1.165) is 17.7 Å². The summed E-state index contributed by atoms with van der Waals surface area (Å²) in [6, 6.07) is 18.4. The third kappa shape index (κ3) is 4.56. The van der Waals surface area contributed by atoms with Gasteiger partial charge in [-0.3, -0.25) is 0 Å². The topological polar surface area (TPSA) is 35.2 Å². The molecule has 0 aliphatic carbocycles. The Hall–Kier alpha value is -2.06. The van der Waals surface area contributed by atoms with E-state index in [1.54, 1.807) is 0 Å². The second-order valence-corrected chi connectivity index (χ2v) is 4.91. The maximum absolute atomic E-state index is 5.85. The number of para-hydroxylation sites is 1. The molecule has 2 heteroatoms. The van der Waals surface area contributed by atoms with Gasteiger partial charge in [0.15, 0.2) is 0 Å². The molecule has 0 spiro atoms. The molecule has 2 aromatic carbocycles. The molecule has 0 aromatic heterocycles. The molecule has 0 heterocycles. The van der Waals surface area contributed by atoms with Crippen molar-refractivity contribution >= 4 is 6.08 Å². The monoisotopic (exact) mass is 267 g/mol. The van der Waals surface area contributed by atoms with E-state index in [0.29, 0.717) is 6.61 Å². The fourth-order valence-electron chi connectivity index (χ4n) is 2.05. The van der Waals surface area contributed by atoms with Crippen molar-refractivity contribution < 1.29 is 4.74 Å². The maximum atomic E-state index is 5.85. The molecule has 2 nitrogen and oxygen atoms in total. The molecule has 104 valence electrons. The molecule has 0 aliphatic rings. The lowest BCUT2D eigenvalue weighted by Gasteiger charge is -2.11. The van der Waals surface area contributed by atoms with E-state index in [9.17, 15) is 0 Å². The Balaban J connectivity index is 1.92. The summed E-state index contributed by atoms with van der Waals surface area (Å²) in [6.07, 6.45) is 4.92. The second kappa shape index (κ2) is 7.51. The van der Waals surface area contributed by atoms with Crippen LogP contribution in [0, 0.1) is 0 Å². The summed E-state index contributed by atoms with van der Waals surface area (Å²) in [5.41, 5.74) is 8.20. The van der Waals surface area contributed by atoms with Crippen LogP contribution in [-0.4, -0.2) is 12.6 Å². The average molecular weight is 267 g/mol. The second-order valence-electron chi connectivity index (χ2n) is 4.91. The number of hydrogen-bond acceptors (Lipinski definition) is 2. The third-order valence-electron chi connectivity index (χ3n) is 2.96. The molecule has 0 radical (unpaired) electrons. The fourth-order valence-corrected chi connectivity index (χ4v) is 2.05. The molecular formula is C18H21NO. The smallest absolute Gasteiger partial charge is 0.123 e. The highest BCUT2D eigenvalue weighted by Crippen LogP contribution is 2.19.